The minimum Gasteiger partial charge on any atom is -0.490 e. The molecule has 0 bridgehead atoms. The Labute approximate surface area is 216 Å². The first-order valence-electron chi connectivity index (χ1n) is 11.4. The van der Waals surface area contributed by atoms with Crippen LogP contribution in [0.2, 0.25) is 0 Å². The number of nitrogens with one attached hydrogen (secondary N) is 2. The molecule has 0 atom stereocenters. The molecule has 0 aliphatic heterocycles. The number of carbonyl (C=O) groups is 2. The van der Waals surface area contributed by atoms with Gasteiger partial charge in [0.2, 0.25) is 15.9 Å². The van der Waals surface area contributed by atoms with Crippen molar-refractivity contribution in [2.24, 2.45) is 5.10 Å². The molecule has 3 aromatic carbocycles. The fraction of sp³-hybridized carbons (Fsp3) is 0.148. The van der Waals surface area contributed by atoms with Gasteiger partial charge in [-0.15, -0.1) is 0 Å². The van der Waals surface area contributed by atoms with Gasteiger partial charge in [0.05, 0.1) is 17.7 Å². The van der Waals surface area contributed by atoms with Crippen LogP contribution in [0, 0.1) is 0 Å². The summed E-state index contributed by atoms with van der Waals surface area (Å²) in [4.78, 5) is 23.9. The molecule has 0 aromatic heterocycles. The number of carbonyl (C=O) groups excluding carboxylic acids is 2. The van der Waals surface area contributed by atoms with Gasteiger partial charge in [-0.2, -0.15) is 9.41 Å². The van der Waals surface area contributed by atoms with Crippen molar-refractivity contribution in [2.75, 3.05) is 18.5 Å². The Balaban J connectivity index is 1.72. The quantitative estimate of drug-likeness (QED) is 0.215. The van der Waals surface area contributed by atoms with Crippen LogP contribution in [0.25, 0.3) is 0 Å². The molecule has 3 rings (SSSR count). The third-order valence-electron chi connectivity index (χ3n) is 4.98. The fourth-order valence-electron chi connectivity index (χ4n) is 3.26. The smallest absolute Gasteiger partial charge is 0.255 e. The zero-order valence-electron chi connectivity index (χ0n) is 20.3. The maximum Gasteiger partial charge on any atom is 0.255 e. The molecule has 192 valence electrons. The molecule has 0 radical (unpaired) electrons. The van der Waals surface area contributed by atoms with Crippen LogP contribution in [-0.4, -0.2) is 43.9 Å². The van der Waals surface area contributed by atoms with Crippen LogP contribution >= 0.6 is 0 Å². The van der Waals surface area contributed by atoms with Crippen molar-refractivity contribution in [1.29, 1.82) is 0 Å². The number of anilines is 1. The molecule has 10 heteroatoms. The molecule has 2 amide bonds. The van der Waals surface area contributed by atoms with Crippen LogP contribution in [0.15, 0.2) is 102 Å². The lowest BCUT2D eigenvalue weighted by atomic mass is 10.2. The minimum atomic E-state index is -4.04. The Hall–Kier alpha value is -4.28. The lowest BCUT2D eigenvalue weighted by Crippen LogP contribution is -2.39. The number of amides is 2. The Kier molecular flexibility index (Phi) is 9.70. The van der Waals surface area contributed by atoms with E-state index in [2.05, 4.69) is 22.4 Å². The number of nitrogens with zero attached hydrogens (tertiary/aromatic N) is 2. The van der Waals surface area contributed by atoms with Gasteiger partial charge in [0.1, 0.15) is 12.4 Å². The number of benzene rings is 3. The summed E-state index contributed by atoms with van der Waals surface area (Å²) in [5, 5.41) is 6.54. The van der Waals surface area contributed by atoms with E-state index in [9.17, 15) is 18.0 Å². The zero-order valence-corrected chi connectivity index (χ0v) is 21.1. The summed E-state index contributed by atoms with van der Waals surface area (Å²) in [5.41, 5.74) is 4.29. The van der Waals surface area contributed by atoms with E-state index >= 15 is 0 Å². The highest BCUT2D eigenvalue weighted by Gasteiger charge is 2.27. The topological polar surface area (TPSA) is 117 Å². The summed E-state index contributed by atoms with van der Waals surface area (Å²) >= 11 is 0. The number of hydrogen-bond acceptors (Lipinski definition) is 6. The summed E-state index contributed by atoms with van der Waals surface area (Å²) in [6.45, 7) is 4.89. The number of hydrazone groups is 1. The fourth-order valence-corrected chi connectivity index (χ4v) is 4.64. The second kappa shape index (κ2) is 13.1. The maximum atomic E-state index is 13.4. The van der Waals surface area contributed by atoms with Crippen molar-refractivity contribution in [3.63, 3.8) is 0 Å². The van der Waals surface area contributed by atoms with Crippen LogP contribution in [0.5, 0.6) is 5.75 Å². The highest BCUT2D eigenvalue weighted by Crippen LogP contribution is 2.20. The van der Waals surface area contributed by atoms with Crippen molar-refractivity contribution in [2.45, 2.75) is 18.4 Å². The Morgan fingerprint density at radius 1 is 1.00 bits per heavy atom. The predicted octanol–water partition coefficient (Wildman–Crippen LogP) is 3.55. The van der Waals surface area contributed by atoms with Gasteiger partial charge in [-0.3, -0.25) is 9.59 Å². The van der Waals surface area contributed by atoms with Crippen LogP contribution in [0.4, 0.5) is 5.69 Å². The Bertz CT molecular complexity index is 1340. The van der Waals surface area contributed by atoms with E-state index in [4.69, 9.17) is 4.74 Å². The van der Waals surface area contributed by atoms with E-state index in [1.165, 1.54) is 37.4 Å². The van der Waals surface area contributed by atoms with E-state index in [1.807, 2.05) is 6.07 Å². The summed E-state index contributed by atoms with van der Waals surface area (Å²) in [7, 11) is -4.04. The molecule has 2 N–H and O–H groups in total. The molecule has 0 saturated heterocycles. The Morgan fingerprint density at radius 2 is 1.68 bits per heavy atom. The molecule has 0 aliphatic rings. The number of hydrogen-bond donors (Lipinski definition) is 2. The lowest BCUT2D eigenvalue weighted by molar-refractivity contribution is -0.121. The molecule has 3 aromatic rings. The average molecular weight is 521 g/mol. The molecular weight excluding hydrogens is 492 g/mol. The van der Waals surface area contributed by atoms with Gasteiger partial charge in [0, 0.05) is 19.2 Å². The van der Waals surface area contributed by atoms with E-state index in [-0.39, 0.29) is 17.3 Å². The van der Waals surface area contributed by atoms with Gasteiger partial charge in [0.25, 0.3) is 5.91 Å². The number of ether oxygens (including phenoxy) is 1. The standard InChI is InChI=1S/C27H28N4O5S/c1-3-17-36-25-13-9-22(10-14-25)18-28-30-27(33)20-31(19-23-7-5-4-6-8-23)37(34,35)26-15-11-24(12-16-26)29-21(2)32/h3-16,18H,1,17,19-20H2,2H3,(H,29,32)(H,30,33)/b28-18-. The normalized spacial score (nSPS) is 11.3. The van der Waals surface area contributed by atoms with Crippen LogP contribution in [-0.2, 0) is 26.2 Å². The Morgan fingerprint density at radius 3 is 2.30 bits per heavy atom. The first-order valence-corrected chi connectivity index (χ1v) is 12.8. The molecule has 37 heavy (non-hydrogen) atoms. The van der Waals surface area contributed by atoms with Gasteiger partial charge in [0.15, 0.2) is 0 Å². The first-order chi connectivity index (χ1) is 17.8. The van der Waals surface area contributed by atoms with E-state index in [0.717, 1.165) is 15.4 Å². The highest BCUT2D eigenvalue weighted by molar-refractivity contribution is 7.89. The summed E-state index contributed by atoms with van der Waals surface area (Å²) < 4.78 is 33.3. The second-order valence-corrected chi connectivity index (χ2v) is 9.86. The molecule has 0 heterocycles. The zero-order chi connectivity index (χ0) is 26.7. The summed E-state index contributed by atoms with van der Waals surface area (Å²) in [6, 6.07) is 21.8. The van der Waals surface area contributed by atoms with Crippen molar-refractivity contribution in [3.05, 3.63) is 103 Å². The molecule has 0 unspecified atom stereocenters. The third-order valence-corrected chi connectivity index (χ3v) is 6.79. The lowest BCUT2D eigenvalue weighted by Gasteiger charge is -2.21. The molecule has 0 fully saturated rings. The molecular formula is C27H28N4O5S. The van der Waals surface area contributed by atoms with E-state index in [1.54, 1.807) is 54.6 Å². The summed E-state index contributed by atoms with van der Waals surface area (Å²) in [5.74, 6) is -0.194. The second-order valence-electron chi connectivity index (χ2n) is 7.93. The van der Waals surface area contributed by atoms with Crippen LogP contribution < -0.4 is 15.5 Å². The molecule has 9 nitrogen and oxygen atoms in total. The SMILES string of the molecule is C=CCOc1ccc(/C=N\NC(=O)CN(Cc2ccccc2)S(=O)(=O)c2ccc(NC(C)=O)cc2)cc1. The maximum absolute atomic E-state index is 13.4. The highest BCUT2D eigenvalue weighted by atomic mass is 32.2. The number of rotatable bonds is 12. The van der Waals surface area contributed by atoms with Gasteiger partial charge >= 0.3 is 0 Å². The molecule has 0 spiro atoms. The van der Waals surface area contributed by atoms with Crippen LogP contribution in [0.1, 0.15) is 18.1 Å². The van der Waals surface area contributed by atoms with Gasteiger partial charge in [-0.25, -0.2) is 13.8 Å². The van der Waals surface area contributed by atoms with Crippen molar-refractivity contribution >= 4 is 33.7 Å². The van der Waals surface area contributed by atoms with E-state index < -0.39 is 22.5 Å². The van der Waals surface area contributed by atoms with Crippen LogP contribution in [0.3, 0.4) is 0 Å². The van der Waals surface area contributed by atoms with Crippen molar-refractivity contribution in [1.82, 2.24) is 9.73 Å². The summed E-state index contributed by atoms with van der Waals surface area (Å²) in [6.07, 6.45) is 3.10. The average Bonchev–Trinajstić information content (AvgIpc) is 2.88. The largest absolute Gasteiger partial charge is 0.490 e. The molecule has 0 saturated carbocycles. The first kappa shape index (κ1) is 27.3. The van der Waals surface area contributed by atoms with E-state index in [0.29, 0.717) is 18.0 Å². The molecule has 0 aliphatic carbocycles. The van der Waals surface area contributed by atoms with Gasteiger partial charge < -0.3 is 10.1 Å². The van der Waals surface area contributed by atoms with Gasteiger partial charge in [-0.1, -0.05) is 43.0 Å². The van der Waals surface area contributed by atoms with Crippen molar-refractivity contribution < 1.29 is 22.7 Å². The van der Waals surface area contributed by atoms with Crippen molar-refractivity contribution in [3.8, 4) is 5.75 Å². The van der Waals surface area contributed by atoms with Gasteiger partial charge in [-0.05, 0) is 59.7 Å². The monoisotopic (exact) mass is 520 g/mol. The minimum absolute atomic E-state index is 0.00685. The number of sulfonamides is 1. The third kappa shape index (κ3) is 8.41. The predicted molar refractivity (Wildman–Crippen MR) is 143 cm³/mol.